The molecule has 102 valence electrons. The molecule has 0 saturated carbocycles. The molecule has 0 spiro atoms. The molecular formula is C14H22ClNOS. The Kier molecular flexibility index (Phi) is 7.08. The SMILES string of the molecule is CNC(C)(CO)CCCCSc1ccccc1Cl. The summed E-state index contributed by atoms with van der Waals surface area (Å²) in [6, 6.07) is 7.94. The van der Waals surface area contributed by atoms with Crippen molar-refractivity contribution < 1.29 is 5.11 Å². The summed E-state index contributed by atoms with van der Waals surface area (Å²) < 4.78 is 0. The standard InChI is InChI=1S/C14H22ClNOS/c1-14(11-17,16-2)9-5-6-10-18-13-8-4-3-7-12(13)15/h3-4,7-8,16-17H,5-6,9-11H2,1-2H3. The predicted octanol–water partition coefficient (Wildman–Crippen LogP) is 3.57. The third-order valence-corrected chi connectivity index (χ3v) is 4.77. The quantitative estimate of drug-likeness (QED) is 0.566. The van der Waals surface area contributed by atoms with Gasteiger partial charge in [-0.2, -0.15) is 0 Å². The fourth-order valence-electron chi connectivity index (χ4n) is 1.64. The van der Waals surface area contributed by atoms with E-state index in [1.165, 1.54) is 0 Å². The fourth-order valence-corrected chi connectivity index (χ4v) is 2.89. The van der Waals surface area contributed by atoms with Crippen LogP contribution in [-0.4, -0.2) is 30.1 Å². The molecule has 18 heavy (non-hydrogen) atoms. The highest BCUT2D eigenvalue weighted by molar-refractivity contribution is 7.99. The maximum atomic E-state index is 9.27. The van der Waals surface area contributed by atoms with Crippen LogP contribution in [0.1, 0.15) is 26.2 Å². The molecule has 1 rings (SSSR count). The molecule has 4 heteroatoms. The Hall–Kier alpha value is -0.220. The summed E-state index contributed by atoms with van der Waals surface area (Å²) in [5, 5.41) is 13.3. The smallest absolute Gasteiger partial charge is 0.0610 e. The first-order chi connectivity index (χ1) is 8.61. The van der Waals surface area contributed by atoms with Gasteiger partial charge in [0.2, 0.25) is 0 Å². The monoisotopic (exact) mass is 287 g/mol. The topological polar surface area (TPSA) is 32.3 Å². The lowest BCUT2D eigenvalue weighted by Gasteiger charge is -2.26. The maximum absolute atomic E-state index is 9.27. The van der Waals surface area contributed by atoms with E-state index in [9.17, 15) is 5.11 Å². The van der Waals surface area contributed by atoms with Crippen LogP contribution in [0.5, 0.6) is 0 Å². The molecule has 1 aromatic carbocycles. The van der Waals surface area contributed by atoms with Gasteiger partial charge < -0.3 is 10.4 Å². The lowest BCUT2D eigenvalue weighted by atomic mass is 9.96. The number of benzene rings is 1. The first-order valence-corrected chi connectivity index (χ1v) is 7.65. The average molecular weight is 288 g/mol. The van der Waals surface area contributed by atoms with Gasteiger partial charge in [-0.3, -0.25) is 0 Å². The van der Waals surface area contributed by atoms with Gasteiger partial charge in [0.1, 0.15) is 0 Å². The van der Waals surface area contributed by atoms with Gasteiger partial charge in [0.15, 0.2) is 0 Å². The molecule has 1 unspecified atom stereocenters. The number of hydrogen-bond acceptors (Lipinski definition) is 3. The second-order valence-corrected chi connectivity index (χ2v) is 6.25. The zero-order valence-corrected chi connectivity index (χ0v) is 12.7. The molecule has 1 atom stereocenters. The minimum atomic E-state index is -0.144. The molecule has 0 bridgehead atoms. The Bertz CT molecular complexity index is 355. The first kappa shape index (κ1) is 15.8. The van der Waals surface area contributed by atoms with E-state index >= 15 is 0 Å². The van der Waals surface area contributed by atoms with Crippen LogP contribution in [0.15, 0.2) is 29.2 Å². The Labute approximate surface area is 119 Å². The van der Waals surface area contributed by atoms with Crippen molar-refractivity contribution in [2.45, 2.75) is 36.6 Å². The fraction of sp³-hybridized carbons (Fsp3) is 0.571. The summed E-state index contributed by atoms with van der Waals surface area (Å²) in [6.45, 7) is 2.23. The number of hydrogen-bond donors (Lipinski definition) is 2. The summed E-state index contributed by atoms with van der Waals surface area (Å²) in [7, 11) is 1.90. The van der Waals surface area contributed by atoms with Crippen molar-refractivity contribution >= 4 is 23.4 Å². The Balaban J connectivity index is 2.22. The van der Waals surface area contributed by atoms with Gasteiger partial charge in [0.25, 0.3) is 0 Å². The van der Waals surface area contributed by atoms with E-state index in [0.717, 1.165) is 34.9 Å². The van der Waals surface area contributed by atoms with Gasteiger partial charge in [0, 0.05) is 10.4 Å². The largest absolute Gasteiger partial charge is 0.394 e. The molecule has 0 saturated heterocycles. The van der Waals surface area contributed by atoms with E-state index in [1.807, 2.05) is 32.2 Å². The van der Waals surface area contributed by atoms with Gasteiger partial charge in [-0.05, 0) is 44.7 Å². The molecule has 0 aliphatic rings. The first-order valence-electron chi connectivity index (χ1n) is 6.28. The Morgan fingerprint density at radius 3 is 2.67 bits per heavy atom. The molecule has 0 amide bonds. The average Bonchev–Trinajstić information content (AvgIpc) is 2.40. The van der Waals surface area contributed by atoms with Crippen LogP contribution in [0.25, 0.3) is 0 Å². The van der Waals surface area contributed by atoms with E-state index in [2.05, 4.69) is 11.4 Å². The lowest BCUT2D eigenvalue weighted by Crippen LogP contribution is -2.43. The molecule has 0 aliphatic heterocycles. The highest BCUT2D eigenvalue weighted by Gasteiger charge is 2.19. The van der Waals surface area contributed by atoms with E-state index < -0.39 is 0 Å². The number of unbranched alkanes of at least 4 members (excludes halogenated alkanes) is 1. The Morgan fingerprint density at radius 1 is 1.33 bits per heavy atom. The van der Waals surface area contributed by atoms with Crippen LogP contribution in [0.3, 0.4) is 0 Å². The van der Waals surface area contributed by atoms with Crippen LogP contribution in [0.4, 0.5) is 0 Å². The number of aliphatic hydroxyl groups excluding tert-OH is 1. The molecule has 0 radical (unpaired) electrons. The number of rotatable bonds is 8. The highest BCUT2D eigenvalue weighted by Crippen LogP contribution is 2.27. The van der Waals surface area contributed by atoms with Gasteiger partial charge in [0.05, 0.1) is 11.6 Å². The molecule has 1 aromatic rings. The van der Waals surface area contributed by atoms with Crippen molar-refractivity contribution in [3.05, 3.63) is 29.3 Å². The number of halogens is 1. The third kappa shape index (κ3) is 5.19. The van der Waals surface area contributed by atoms with Gasteiger partial charge in [-0.25, -0.2) is 0 Å². The van der Waals surface area contributed by atoms with Gasteiger partial charge >= 0.3 is 0 Å². The van der Waals surface area contributed by atoms with Crippen molar-refractivity contribution in [1.82, 2.24) is 5.32 Å². The minimum Gasteiger partial charge on any atom is -0.394 e. The van der Waals surface area contributed by atoms with E-state index in [4.69, 9.17) is 11.6 Å². The van der Waals surface area contributed by atoms with Crippen LogP contribution >= 0.6 is 23.4 Å². The number of aliphatic hydroxyl groups is 1. The lowest BCUT2D eigenvalue weighted by molar-refractivity contribution is 0.171. The van der Waals surface area contributed by atoms with Crippen molar-refractivity contribution in [3.63, 3.8) is 0 Å². The molecule has 0 heterocycles. The van der Waals surface area contributed by atoms with Crippen molar-refractivity contribution in [2.24, 2.45) is 0 Å². The van der Waals surface area contributed by atoms with Crippen LogP contribution in [0.2, 0.25) is 5.02 Å². The minimum absolute atomic E-state index is 0.144. The van der Waals surface area contributed by atoms with Crippen molar-refractivity contribution in [1.29, 1.82) is 0 Å². The second kappa shape index (κ2) is 8.05. The summed E-state index contributed by atoms with van der Waals surface area (Å²) in [4.78, 5) is 1.15. The summed E-state index contributed by atoms with van der Waals surface area (Å²) in [5.41, 5.74) is -0.144. The molecule has 2 nitrogen and oxygen atoms in total. The van der Waals surface area contributed by atoms with Crippen molar-refractivity contribution in [2.75, 3.05) is 19.4 Å². The maximum Gasteiger partial charge on any atom is 0.0610 e. The normalized spacial score (nSPS) is 14.4. The van der Waals surface area contributed by atoms with E-state index in [0.29, 0.717) is 0 Å². The molecular weight excluding hydrogens is 266 g/mol. The summed E-state index contributed by atoms with van der Waals surface area (Å²) >= 11 is 7.89. The second-order valence-electron chi connectivity index (χ2n) is 4.70. The van der Waals surface area contributed by atoms with Gasteiger partial charge in [-0.15, -0.1) is 11.8 Å². The van der Waals surface area contributed by atoms with Crippen LogP contribution in [0, 0.1) is 0 Å². The number of nitrogens with one attached hydrogen (secondary N) is 1. The molecule has 0 aliphatic carbocycles. The zero-order chi connectivity index (χ0) is 13.4. The van der Waals surface area contributed by atoms with E-state index in [-0.39, 0.29) is 12.1 Å². The summed E-state index contributed by atoms with van der Waals surface area (Å²) in [6.07, 6.45) is 3.23. The summed E-state index contributed by atoms with van der Waals surface area (Å²) in [5.74, 6) is 1.06. The molecule has 0 fully saturated rings. The van der Waals surface area contributed by atoms with Crippen molar-refractivity contribution in [3.8, 4) is 0 Å². The van der Waals surface area contributed by atoms with E-state index in [1.54, 1.807) is 11.8 Å². The number of likely N-dealkylation sites (N-methyl/N-ethyl adjacent to an activating group) is 1. The van der Waals surface area contributed by atoms with Crippen LogP contribution < -0.4 is 5.32 Å². The predicted molar refractivity (Wildman–Crippen MR) is 80.6 cm³/mol. The Morgan fingerprint density at radius 2 is 2.06 bits per heavy atom. The van der Waals surface area contributed by atoms with Crippen LogP contribution in [-0.2, 0) is 0 Å². The van der Waals surface area contributed by atoms with Gasteiger partial charge in [-0.1, -0.05) is 30.2 Å². The molecule has 2 N–H and O–H groups in total. The zero-order valence-electron chi connectivity index (χ0n) is 11.1. The third-order valence-electron chi connectivity index (χ3n) is 3.17. The number of thioether (sulfide) groups is 1. The molecule has 0 aromatic heterocycles. The highest BCUT2D eigenvalue weighted by atomic mass is 35.5.